The Kier molecular flexibility index (Phi) is 6.46. The van der Waals surface area contributed by atoms with Crippen LogP contribution in [0.4, 0.5) is 0 Å². The molecule has 1 fully saturated rings. The molecule has 0 aromatic heterocycles. The molecule has 3 heteroatoms. The van der Waals surface area contributed by atoms with Crippen LogP contribution in [0.5, 0.6) is 0 Å². The van der Waals surface area contributed by atoms with Crippen LogP contribution in [0.15, 0.2) is 0 Å². The topological polar surface area (TPSA) is 55.1 Å². The first kappa shape index (κ1) is 13.5. The maximum absolute atomic E-state index is 11.7. The van der Waals surface area contributed by atoms with Gasteiger partial charge in [-0.05, 0) is 37.6 Å². The number of carbonyl (C=O) groups excluding carboxylic acids is 1. The minimum Gasteiger partial charge on any atom is -0.356 e. The molecule has 0 aromatic carbocycles. The summed E-state index contributed by atoms with van der Waals surface area (Å²) in [5, 5.41) is 3.05. The molecule has 0 radical (unpaired) electrons. The number of rotatable bonds is 7. The van der Waals surface area contributed by atoms with Gasteiger partial charge in [0.1, 0.15) is 0 Å². The molecule has 0 saturated heterocycles. The molecular formula is C13H26N2O. The molecule has 1 rings (SSSR count). The van der Waals surface area contributed by atoms with E-state index in [1.54, 1.807) is 0 Å². The van der Waals surface area contributed by atoms with Crippen molar-refractivity contribution in [3.63, 3.8) is 0 Å². The highest BCUT2D eigenvalue weighted by molar-refractivity contribution is 5.76. The van der Waals surface area contributed by atoms with Crippen molar-refractivity contribution >= 4 is 5.91 Å². The van der Waals surface area contributed by atoms with Crippen LogP contribution in [0.2, 0.25) is 0 Å². The minimum atomic E-state index is 0.238. The Morgan fingerprint density at radius 2 is 2.12 bits per heavy atom. The lowest BCUT2D eigenvalue weighted by molar-refractivity contribution is -0.122. The molecule has 0 aliphatic heterocycles. The maximum atomic E-state index is 11.7. The lowest BCUT2D eigenvalue weighted by Gasteiger charge is -2.15. The Morgan fingerprint density at radius 1 is 1.44 bits per heavy atom. The van der Waals surface area contributed by atoms with E-state index in [-0.39, 0.29) is 5.91 Å². The van der Waals surface area contributed by atoms with Gasteiger partial charge in [0, 0.05) is 13.0 Å². The molecule has 1 amide bonds. The van der Waals surface area contributed by atoms with Crippen molar-refractivity contribution in [1.29, 1.82) is 0 Å². The molecule has 3 N–H and O–H groups in total. The van der Waals surface area contributed by atoms with Crippen LogP contribution >= 0.6 is 0 Å². The predicted octanol–water partition coefficient (Wildman–Crippen LogP) is 2.06. The number of nitrogens with two attached hydrogens (primary N) is 1. The fourth-order valence-corrected chi connectivity index (χ4v) is 2.49. The fraction of sp³-hybridized carbons (Fsp3) is 0.923. The molecule has 3 nitrogen and oxygen atoms in total. The van der Waals surface area contributed by atoms with Gasteiger partial charge in [-0.1, -0.05) is 26.2 Å². The summed E-state index contributed by atoms with van der Waals surface area (Å²) in [5.41, 5.74) is 5.53. The van der Waals surface area contributed by atoms with E-state index in [0.717, 1.165) is 32.4 Å². The summed E-state index contributed by atoms with van der Waals surface area (Å²) >= 11 is 0. The van der Waals surface area contributed by atoms with Crippen LogP contribution < -0.4 is 11.1 Å². The van der Waals surface area contributed by atoms with Crippen LogP contribution in [0.1, 0.15) is 51.9 Å². The van der Waals surface area contributed by atoms with Crippen molar-refractivity contribution in [3.8, 4) is 0 Å². The molecule has 1 aliphatic rings. The van der Waals surface area contributed by atoms with E-state index in [2.05, 4.69) is 12.2 Å². The van der Waals surface area contributed by atoms with E-state index in [9.17, 15) is 4.79 Å². The second-order valence-corrected chi connectivity index (χ2v) is 5.01. The summed E-state index contributed by atoms with van der Waals surface area (Å²) in [7, 11) is 0. The normalized spacial score (nSPS) is 18.6. The maximum Gasteiger partial charge on any atom is 0.220 e. The average molecular weight is 226 g/mol. The number of hydrogen-bond donors (Lipinski definition) is 2. The van der Waals surface area contributed by atoms with E-state index in [4.69, 9.17) is 5.73 Å². The van der Waals surface area contributed by atoms with Crippen molar-refractivity contribution in [2.45, 2.75) is 51.9 Å². The lowest BCUT2D eigenvalue weighted by Crippen LogP contribution is -2.31. The molecule has 0 aromatic rings. The van der Waals surface area contributed by atoms with E-state index in [1.165, 1.54) is 25.7 Å². The zero-order valence-corrected chi connectivity index (χ0v) is 10.5. The van der Waals surface area contributed by atoms with Crippen molar-refractivity contribution in [1.82, 2.24) is 5.32 Å². The highest BCUT2D eigenvalue weighted by Crippen LogP contribution is 2.27. The van der Waals surface area contributed by atoms with Crippen molar-refractivity contribution < 1.29 is 4.79 Å². The average Bonchev–Trinajstić information content (AvgIpc) is 2.76. The molecule has 0 bridgehead atoms. The second-order valence-electron chi connectivity index (χ2n) is 5.01. The molecule has 1 saturated carbocycles. The highest BCUT2D eigenvalue weighted by Gasteiger charge is 2.18. The number of amides is 1. The molecule has 16 heavy (non-hydrogen) atoms. The minimum absolute atomic E-state index is 0.238. The lowest BCUT2D eigenvalue weighted by atomic mass is 10.0. The van der Waals surface area contributed by atoms with Gasteiger partial charge in [0.15, 0.2) is 0 Å². The summed E-state index contributed by atoms with van der Waals surface area (Å²) in [6.07, 6.45) is 7.95. The van der Waals surface area contributed by atoms with Gasteiger partial charge in [0.2, 0.25) is 5.91 Å². The van der Waals surface area contributed by atoms with Gasteiger partial charge in [0.25, 0.3) is 0 Å². The van der Waals surface area contributed by atoms with Gasteiger partial charge >= 0.3 is 0 Å². The monoisotopic (exact) mass is 226 g/mol. The zero-order valence-electron chi connectivity index (χ0n) is 10.5. The van der Waals surface area contributed by atoms with Gasteiger partial charge in [-0.3, -0.25) is 4.79 Å². The predicted molar refractivity (Wildman–Crippen MR) is 67.0 cm³/mol. The third-order valence-corrected chi connectivity index (χ3v) is 3.69. The first-order valence-electron chi connectivity index (χ1n) is 6.73. The molecule has 0 heterocycles. The quantitative estimate of drug-likeness (QED) is 0.698. The SMILES string of the molecule is CCC(CCN)CNC(=O)CC1CCCC1. The van der Waals surface area contributed by atoms with E-state index < -0.39 is 0 Å². The van der Waals surface area contributed by atoms with Gasteiger partial charge in [-0.2, -0.15) is 0 Å². The summed E-state index contributed by atoms with van der Waals surface area (Å²) in [4.78, 5) is 11.7. The Labute approximate surface area is 99.2 Å². The molecular weight excluding hydrogens is 200 g/mol. The molecule has 1 aliphatic carbocycles. The summed E-state index contributed by atoms with van der Waals surface area (Å²) in [5.74, 6) is 1.44. The highest BCUT2D eigenvalue weighted by atomic mass is 16.1. The van der Waals surface area contributed by atoms with Crippen LogP contribution in [0.25, 0.3) is 0 Å². The van der Waals surface area contributed by atoms with Gasteiger partial charge in [0.05, 0.1) is 0 Å². The molecule has 0 spiro atoms. The Morgan fingerprint density at radius 3 is 2.69 bits per heavy atom. The molecule has 94 valence electrons. The van der Waals surface area contributed by atoms with Crippen molar-refractivity contribution in [2.24, 2.45) is 17.6 Å². The van der Waals surface area contributed by atoms with Crippen LogP contribution in [-0.4, -0.2) is 19.0 Å². The third-order valence-electron chi connectivity index (χ3n) is 3.69. The van der Waals surface area contributed by atoms with Gasteiger partial charge < -0.3 is 11.1 Å². The summed E-state index contributed by atoms with van der Waals surface area (Å²) < 4.78 is 0. The molecule has 1 atom stereocenters. The first-order chi connectivity index (χ1) is 7.76. The standard InChI is InChI=1S/C13H26N2O/c1-2-11(7-8-14)10-15-13(16)9-12-5-3-4-6-12/h11-12H,2-10,14H2,1H3,(H,15,16). The summed E-state index contributed by atoms with van der Waals surface area (Å²) in [6.45, 7) is 3.68. The number of nitrogens with one attached hydrogen (secondary N) is 1. The largest absolute Gasteiger partial charge is 0.356 e. The van der Waals surface area contributed by atoms with E-state index >= 15 is 0 Å². The Balaban J connectivity index is 2.12. The smallest absolute Gasteiger partial charge is 0.220 e. The number of hydrogen-bond acceptors (Lipinski definition) is 2. The zero-order chi connectivity index (χ0) is 11.8. The Hall–Kier alpha value is -0.570. The van der Waals surface area contributed by atoms with Crippen molar-refractivity contribution in [3.05, 3.63) is 0 Å². The first-order valence-corrected chi connectivity index (χ1v) is 6.73. The van der Waals surface area contributed by atoms with Crippen LogP contribution in [0.3, 0.4) is 0 Å². The second kappa shape index (κ2) is 7.66. The van der Waals surface area contributed by atoms with Crippen LogP contribution in [-0.2, 0) is 4.79 Å². The van der Waals surface area contributed by atoms with Gasteiger partial charge in [-0.15, -0.1) is 0 Å². The van der Waals surface area contributed by atoms with Crippen molar-refractivity contribution in [2.75, 3.05) is 13.1 Å². The molecule has 1 unspecified atom stereocenters. The van der Waals surface area contributed by atoms with Crippen LogP contribution in [0, 0.1) is 11.8 Å². The van der Waals surface area contributed by atoms with E-state index in [0.29, 0.717) is 11.8 Å². The fourth-order valence-electron chi connectivity index (χ4n) is 2.49. The Bertz CT molecular complexity index is 200. The summed E-state index contributed by atoms with van der Waals surface area (Å²) in [6, 6.07) is 0. The van der Waals surface area contributed by atoms with Gasteiger partial charge in [-0.25, -0.2) is 0 Å². The number of carbonyl (C=O) groups is 1. The third kappa shape index (κ3) is 4.97. The van der Waals surface area contributed by atoms with E-state index in [1.807, 2.05) is 0 Å².